The summed E-state index contributed by atoms with van der Waals surface area (Å²) < 4.78 is 23.2. The predicted molar refractivity (Wildman–Crippen MR) is 88.2 cm³/mol. The fourth-order valence-electron chi connectivity index (χ4n) is 2.20. The Morgan fingerprint density at radius 1 is 0.857 bits per heavy atom. The first kappa shape index (κ1) is 21.0. The fourth-order valence-corrected chi connectivity index (χ4v) is 4.33. The van der Waals surface area contributed by atoms with E-state index in [1.54, 1.807) is 0 Å². The van der Waals surface area contributed by atoms with Gasteiger partial charge >= 0.3 is 9.05 Å². The van der Waals surface area contributed by atoms with E-state index in [0.717, 1.165) is 32.5 Å². The zero-order valence-electron chi connectivity index (χ0n) is 14.8. The Bertz CT molecular complexity index is 223. The molecule has 0 aromatic carbocycles. The molecule has 0 amide bonds. The zero-order valence-corrected chi connectivity index (χ0v) is 15.8. The molecule has 0 saturated carbocycles. The van der Waals surface area contributed by atoms with Crippen LogP contribution in [0, 0.1) is 0 Å². The highest BCUT2D eigenvalue weighted by molar-refractivity contribution is 6.53. The number of hydrogen-bond donors (Lipinski definition) is 0. The van der Waals surface area contributed by atoms with E-state index in [1.165, 1.54) is 0 Å². The lowest BCUT2D eigenvalue weighted by atomic mass is 10.2. The monoisotopic (exact) mass is 321 g/mol. The summed E-state index contributed by atoms with van der Waals surface area (Å²) in [6.45, 7) is 17.2. The second-order valence-electron chi connectivity index (χ2n) is 4.90. The van der Waals surface area contributed by atoms with Crippen molar-refractivity contribution >= 4 is 9.05 Å². The van der Waals surface area contributed by atoms with E-state index in [4.69, 9.17) is 17.7 Å². The molecule has 21 heavy (non-hydrogen) atoms. The van der Waals surface area contributed by atoms with Crippen LogP contribution in [0.4, 0.5) is 0 Å². The van der Waals surface area contributed by atoms with Gasteiger partial charge in [0.2, 0.25) is 0 Å². The highest BCUT2D eigenvalue weighted by Crippen LogP contribution is 2.17. The maximum absolute atomic E-state index is 6.06. The van der Waals surface area contributed by atoms with Gasteiger partial charge in [0, 0.05) is 25.9 Å². The van der Waals surface area contributed by atoms with E-state index in [1.807, 2.05) is 20.8 Å². The SMILES string of the molecule is CCO[Si](OCC)(OCC)OC(C)CCCN(CC)CC. The second-order valence-corrected chi connectivity index (χ2v) is 7.00. The molecule has 0 bridgehead atoms. The number of hydrogen-bond acceptors (Lipinski definition) is 5. The van der Waals surface area contributed by atoms with Crippen molar-refractivity contribution in [3.63, 3.8) is 0 Å². The van der Waals surface area contributed by atoms with Crippen molar-refractivity contribution in [2.75, 3.05) is 39.5 Å². The van der Waals surface area contributed by atoms with Crippen LogP contribution in [0.2, 0.25) is 0 Å². The fraction of sp³-hybridized carbons (Fsp3) is 1.00. The minimum Gasteiger partial charge on any atom is -0.351 e. The molecule has 0 radical (unpaired) electrons. The van der Waals surface area contributed by atoms with Gasteiger partial charge < -0.3 is 22.6 Å². The van der Waals surface area contributed by atoms with Crippen molar-refractivity contribution < 1.29 is 17.7 Å². The van der Waals surface area contributed by atoms with Crippen LogP contribution < -0.4 is 0 Å². The molecule has 1 atom stereocenters. The highest BCUT2D eigenvalue weighted by Gasteiger charge is 2.46. The molecule has 6 heteroatoms. The zero-order chi connectivity index (χ0) is 16.1. The number of rotatable bonds is 14. The summed E-state index contributed by atoms with van der Waals surface area (Å²) in [5, 5.41) is 0. The first-order valence-electron chi connectivity index (χ1n) is 8.39. The van der Waals surface area contributed by atoms with Gasteiger partial charge in [-0.05, 0) is 60.2 Å². The van der Waals surface area contributed by atoms with Gasteiger partial charge in [-0.25, -0.2) is 0 Å². The van der Waals surface area contributed by atoms with Crippen molar-refractivity contribution in [1.82, 2.24) is 4.90 Å². The average Bonchev–Trinajstić information content (AvgIpc) is 2.44. The van der Waals surface area contributed by atoms with Gasteiger partial charge in [0.1, 0.15) is 0 Å². The third kappa shape index (κ3) is 8.90. The Morgan fingerprint density at radius 3 is 1.71 bits per heavy atom. The molecule has 0 aromatic heterocycles. The molecule has 1 unspecified atom stereocenters. The topological polar surface area (TPSA) is 40.2 Å². The Morgan fingerprint density at radius 2 is 1.33 bits per heavy atom. The van der Waals surface area contributed by atoms with Crippen LogP contribution in [0.1, 0.15) is 54.4 Å². The van der Waals surface area contributed by atoms with Gasteiger partial charge in [0.25, 0.3) is 0 Å². The standard InChI is InChI=1S/C15H35NO4Si/c1-7-16(8-2)14-12-13-15(6)20-21(17-9-3,18-10-4)19-11-5/h15H,7-14H2,1-6H3. The molecular weight excluding hydrogens is 286 g/mol. The average molecular weight is 322 g/mol. The normalized spacial score (nSPS) is 13.9. The molecule has 0 N–H and O–H groups in total. The molecular formula is C15H35NO4Si. The van der Waals surface area contributed by atoms with E-state index >= 15 is 0 Å². The van der Waals surface area contributed by atoms with Gasteiger partial charge in [0.05, 0.1) is 0 Å². The molecule has 0 aliphatic carbocycles. The molecule has 0 aliphatic rings. The molecule has 0 rings (SSSR count). The van der Waals surface area contributed by atoms with Crippen LogP contribution in [0.5, 0.6) is 0 Å². The molecule has 0 heterocycles. The van der Waals surface area contributed by atoms with Gasteiger partial charge in [0.15, 0.2) is 0 Å². The summed E-state index contributed by atoms with van der Waals surface area (Å²) >= 11 is 0. The van der Waals surface area contributed by atoms with Gasteiger partial charge in [-0.2, -0.15) is 0 Å². The molecule has 0 aromatic rings. The van der Waals surface area contributed by atoms with Crippen molar-refractivity contribution in [2.24, 2.45) is 0 Å². The van der Waals surface area contributed by atoms with Crippen LogP contribution in [0.3, 0.4) is 0 Å². The molecule has 0 spiro atoms. The van der Waals surface area contributed by atoms with Gasteiger partial charge in [-0.15, -0.1) is 0 Å². The minimum atomic E-state index is -2.97. The predicted octanol–water partition coefficient (Wildman–Crippen LogP) is 3.06. The van der Waals surface area contributed by atoms with Crippen molar-refractivity contribution in [2.45, 2.75) is 60.5 Å². The minimum absolute atomic E-state index is 0.0804. The summed E-state index contributed by atoms with van der Waals surface area (Å²) in [5.41, 5.74) is 0. The van der Waals surface area contributed by atoms with E-state index in [0.29, 0.717) is 19.8 Å². The highest BCUT2D eigenvalue weighted by atomic mass is 28.4. The molecule has 0 aliphatic heterocycles. The quantitative estimate of drug-likeness (QED) is 0.460. The van der Waals surface area contributed by atoms with Crippen molar-refractivity contribution in [3.8, 4) is 0 Å². The lowest BCUT2D eigenvalue weighted by molar-refractivity contribution is -0.0483. The van der Waals surface area contributed by atoms with Crippen LogP contribution in [0.25, 0.3) is 0 Å². The smallest absolute Gasteiger partial charge is 0.351 e. The Hall–Kier alpha value is 0.0169. The second kappa shape index (κ2) is 12.5. The maximum atomic E-state index is 6.06. The molecule has 128 valence electrons. The third-order valence-corrected chi connectivity index (χ3v) is 5.91. The Balaban J connectivity index is 4.34. The van der Waals surface area contributed by atoms with E-state index < -0.39 is 9.05 Å². The lowest BCUT2D eigenvalue weighted by Crippen LogP contribution is -2.51. The van der Waals surface area contributed by atoms with E-state index in [-0.39, 0.29) is 6.10 Å². The first-order valence-corrected chi connectivity index (χ1v) is 10.0. The lowest BCUT2D eigenvalue weighted by Gasteiger charge is -2.30. The van der Waals surface area contributed by atoms with Crippen molar-refractivity contribution in [1.29, 1.82) is 0 Å². The first-order chi connectivity index (χ1) is 10.1. The Kier molecular flexibility index (Phi) is 12.6. The number of nitrogens with zero attached hydrogens (tertiary/aromatic N) is 1. The largest absolute Gasteiger partial charge is 0.679 e. The molecule has 0 fully saturated rings. The van der Waals surface area contributed by atoms with Crippen molar-refractivity contribution in [3.05, 3.63) is 0 Å². The maximum Gasteiger partial charge on any atom is 0.679 e. The van der Waals surface area contributed by atoms with Crippen LogP contribution in [0.15, 0.2) is 0 Å². The van der Waals surface area contributed by atoms with E-state index in [2.05, 4.69) is 25.7 Å². The van der Waals surface area contributed by atoms with Gasteiger partial charge in [-0.3, -0.25) is 0 Å². The van der Waals surface area contributed by atoms with Gasteiger partial charge in [-0.1, -0.05) is 13.8 Å². The third-order valence-electron chi connectivity index (χ3n) is 3.29. The summed E-state index contributed by atoms with van der Waals surface area (Å²) in [4.78, 5) is 2.42. The Labute approximate surface area is 132 Å². The van der Waals surface area contributed by atoms with Crippen LogP contribution in [-0.2, 0) is 17.7 Å². The summed E-state index contributed by atoms with van der Waals surface area (Å²) in [5.74, 6) is 0. The molecule has 0 saturated heterocycles. The van der Waals surface area contributed by atoms with Crippen LogP contribution >= 0.6 is 0 Å². The summed E-state index contributed by atoms with van der Waals surface area (Å²) in [6, 6.07) is 0. The summed E-state index contributed by atoms with van der Waals surface area (Å²) in [7, 11) is -2.97. The molecule has 5 nitrogen and oxygen atoms in total. The summed E-state index contributed by atoms with van der Waals surface area (Å²) in [6.07, 6.45) is 2.17. The van der Waals surface area contributed by atoms with E-state index in [9.17, 15) is 0 Å². The van der Waals surface area contributed by atoms with Crippen LogP contribution in [-0.4, -0.2) is 59.5 Å².